The largest absolute Gasteiger partial charge is 0.360 e. The first kappa shape index (κ1) is 19.9. The number of anilines is 3. The van der Waals surface area contributed by atoms with Crippen molar-refractivity contribution in [3.8, 4) is 0 Å². The van der Waals surface area contributed by atoms with E-state index in [0.717, 1.165) is 76.2 Å². The zero-order valence-corrected chi connectivity index (χ0v) is 18.5. The quantitative estimate of drug-likeness (QED) is 0.353. The van der Waals surface area contributed by atoms with Gasteiger partial charge in [-0.1, -0.05) is 17.4 Å². The van der Waals surface area contributed by atoms with Crippen LogP contribution >= 0.6 is 11.3 Å². The third-order valence-corrected chi connectivity index (χ3v) is 6.30. The van der Waals surface area contributed by atoms with Gasteiger partial charge in [-0.15, -0.1) is 0 Å². The summed E-state index contributed by atoms with van der Waals surface area (Å²) >= 11 is 1.67. The molecule has 0 radical (unpaired) electrons. The van der Waals surface area contributed by atoms with Crippen LogP contribution in [0.15, 0.2) is 36.7 Å². The van der Waals surface area contributed by atoms with Crippen molar-refractivity contribution < 1.29 is 0 Å². The molecule has 4 N–H and O–H groups in total. The Bertz CT molecular complexity index is 1240. The van der Waals surface area contributed by atoms with Gasteiger partial charge in [0.1, 0.15) is 17.8 Å². The zero-order chi connectivity index (χ0) is 21.2. The Kier molecular flexibility index (Phi) is 5.54. The number of H-pyrrole nitrogens is 1. The van der Waals surface area contributed by atoms with Gasteiger partial charge in [-0.3, -0.25) is 0 Å². The minimum Gasteiger partial charge on any atom is -0.360 e. The van der Waals surface area contributed by atoms with Gasteiger partial charge in [0.2, 0.25) is 0 Å². The molecule has 0 saturated heterocycles. The number of aromatic nitrogens is 4. The molecule has 8 nitrogen and oxygen atoms in total. The summed E-state index contributed by atoms with van der Waals surface area (Å²) in [7, 11) is 4.14. The van der Waals surface area contributed by atoms with Gasteiger partial charge >= 0.3 is 0 Å². The SMILES string of the molecule is CN(C)CCNc1nc2ccc(Nc3ncnc4[nH]c(C5=CCNCC5)cc34)cc2s1. The van der Waals surface area contributed by atoms with Crippen LogP contribution in [0.5, 0.6) is 0 Å². The van der Waals surface area contributed by atoms with E-state index in [2.05, 4.69) is 73.1 Å². The number of hydrogen-bond acceptors (Lipinski definition) is 8. The summed E-state index contributed by atoms with van der Waals surface area (Å²) in [5, 5.41) is 12.2. The first-order valence-corrected chi connectivity index (χ1v) is 11.3. The molecule has 1 aliphatic rings. The Morgan fingerprint density at radius 3 is 2.97 bits per heavy atom. The smallest absolute Gasteiger partial charge is 0.183 e. The van der Waals surface area contributed by atoms with Crippen molar-refractivity contribution in [3.63, 3.8) is 0 Å². The Labute approximate surface area is 184 Å². The van der Waals surface area contributed by atoms with Crippen LogP contribution in [0.2, 0.25) is 0 Å². The second kappa shape index (κ2) is 8.62. The summed E-state index contributed by atoms with van der Waals surface area (Å²) in [6, 6.07) is 8.36. The van der Waals surface area contributed by atoms with E-state index in [-0.39, 0.29) is 0 Å². The van der Waals surface area contributed by atoms with Crippen molar-refractivity contribution in [2.75, 3.05) is 50.9 Å². The molecule has 5 rings (SSSR count). The van der Waals surface area contributed by atoms with Crippen molar-refractivity contribution >= 4 is 54.8 Å². The number of likely N-dealkylation sites (N-methyl/N-ethyl adjacent to an activating group) is 1. The van der Waals surface area contributed by atoms with Gasteiger partial charge in [0, 0.05) is 31.0 Å². The lowest BCUT2D eigenvalue weighted by Crippen LogP contribution is -2.20. The molecule has 160 valence electrons. The van der Waals surface area contributed by atoms with Gasteiger partial charge in [0.15, 0.2) is 5.13 Å². The molecule has 4 aromatic rings. The predicted molar refractivity (Wildman–Crippen MR) is 129 cm³/mol. The molecule has 0 amide bonds. The summed E-state index contributed by atoms with van der Waals surface area (Å²) in [4.78, 5) is 19.2. The fraction of sp³-hybridized carbons (Fsp3) is 0.318. The average Bonchev–Trinajstić information content (AvgIpc) is 3.38. The van der Waals surface area contributed by atoms with E-state index in [9.17, 15) is 0 Å². The molecule has 0 saturated carbocycles. The molecule has 0 aliphatic carbocycles. The van der Waals surface area contributed by atoms with Crippen molar-refractivity contribution in [3.05, 3.63) is 42.4 Å². The molecule has 4 heterocycles. The van der Waals surface area contributed by atoms with Gasteiger partial charge in [-0.05, 0) is 56.9 Å². The van der Waals surface area contributed by atoms with E-state index < -0.39 is 0 Å². The molecule has 0 atom stereocenters. The molecule has 0 bridgehead atoms. The van der Waals surface area contributed by atoms with E-state index in [1.54, 1.807) is 17.7 Å². The fourth-order valence-corrected chi connectivity index (χ4v) is 4.61. The topological polar surface area (TPSA) is 93.8 Å². The first-order chi connectivity index (χ1) is 15.2. The predicted octanol–water partition coefficient (Wildman–Crippen LogP) is 3.66. The third-order valence-electron chi connectivity index (χ3n) is 5.32. The van der Waals surface area contributed by atoms with E-state index in [1.165, 1.54) is 5.57 Å². The summed E-state index contributed by atoms with van der Waals surface area (Å²) in [6.07, 6.45) is 4.84. The van der Waals surface area contributed by atoms with Crippen molar-refractivity contribution in [1.29, 1.82) is 0 Å². The van der Waals surface area contributed by atoms with Gasteiger partial charge < -0.3 is 25.8 Å². The maximum atomic E-state index is 4.68. The second-order valence-corrected chi connectivity index (χ2v) is 8.94. The molecule has 31 heavy (non-hydrogen) atoms. The van der Waals surface area contributed by atoms with E-state index in [0.29, 0.717) is 0 Å². The maximum absolute atomic E-state index is 4.68. The molecule has 0 spiro atoms. The van der Waals surface area contributed by atoms with Crippen molar-refractivity contribution in [2.24, 2.45) is 0 Å². The van der Waals surface area contributed by atoms with Crippen LogP contribution in [0.3, 0.4) is 0 Å². The molecule has 1 aromatic carbocycles. The maximum Gasteiger partial charge on any atom is 0.183 e. The molecular weight excluding hydrogens is 408 g/mol. The molecule has 3 aromatic heterocycles. The van der Waals surface area contributed by atoms with Crippen molar-refractivity contribution in [1.82, 2.24) is 30.2 Å². The van der Waals surface area contributed by atoms with Crippen LogP contribution in [0.1, 0.15) is 12.1 Å². The lowest BCUT2D eigenvalue weighted by Gasteiger charge is -2.12. The lowest BCUT2D eigenvalue weighted by molar-refractivity contribution is 0.425. The van der Waals surface area contributed by atoms with Crippen LogP contribution < -0.4 is 16.0 Å². The van der Waals surface area contributed by atoms with E-state index >= 15 is 0 Å². The highest BCUT2D eigenvalue weighted by Gasteiger charge is 2.13. The summed E-state index contributed by atoms with van der Waals surface area (Å²) in [5.41, 5.74) is 5.27. The molecular formula is C22H26N8S. The molecule has 0 fully saturated rings. The lowest BCUT2D eigenvalue weighted by atomic mass is 10.1. The first-order valence-electron chi connectivity index (χ1n) is 10.5. The number of thiazole rings is 1. The van der Waals surface area contributed by atoms with Gasteiger partial charge in [-0.25, -0.2) is 15.0 Å². The van der Waals surface area contributed by atoms with E-state index in [1.807, 2.05) is 12.1 Å². The number of fused-ring (bicyclic) bond motifs is 2. The molecule has 1 aliphatic heterocycles. The highest BCUT2D eigenvalue weighted by molar-refractivity contribution is 7.22. The Morgan fingerprint density at radius 1 is 1.19 bits per heavy atom. The number of nitrogens with zero attached hydrogens (tertiary/aromatic N) is 4. The average molecular weight is 435 g/mol. The number of hydrogen-bond donors (Lipinski definition) is 4. The minimum absolute atomic E-state index is 0.801. The highest BCUT2D eigenvalue weighted by atomic mass is 32.1. The number of aromatic amines is 1. The molecule has 9 heteroatoms. The summed E-state index contributed by atoms with van der Waals surface area (Å²) in [6.45, 7) is 3.75. The van der Waals surface area contributed by atoms with Crippen LogP contribution in [-0.2, 0) is 0 Å². The summed E-state index contributed by atoms with van der Waals surface area (Å²) in [5.74, 6) is 0.801. The van der Waals surface area contributed by atoms with Crippen LogP contribution in [0.4, 0.5) is 16.6 Å². The second-order valence-electron chi connectivity index (χ2n) is 7.91. The van der Waals surface area contributed by atoms with Gasteiger partial charge in [-0.2, -0.15) is 0 Å². The Morgan fingerprint density at radius 2 is 2.13 bits per heavy atom. The molecule has 0 unspecified atom stereocenters. The van der Waals surface area contributed by atoms with Crippen LogP contribution in [-0.4, -0.2) is 65.1 Å². The Hall–Kier alpha value is -3.01. The van der Waals surface area contributed by atoms with E-state index in [4.69, 9.17) is 0 Å². The van der Waals surface area contributed by atoms with Crippen molar-refractivity contribution in [2.45, 2.75) is 6.42 Å². The normalized spacial score (nSPS) is 14.4. The van der Waals surface area contributed by atoms with Gasteiger partial charge in [0.05, 0.1) is 15.6 Å². The van der Waals surface area contributed by atoms with Crippen LogP contribution in [0.25, 0.3) is 26.8 Å². The summed E-state index contributed by atoms with van der Waals surface area (Å²) < 4.78 is 1.14. The number of nitrogens with one attached hydrogen (secondary N) is 4. The van der Waals surface area contributed by atoms with Crippen LogP contribution in [0, 0.1) is 0 Å². The van der Waals surface area contributed by atoms with Gasteiger partial charge in [0.25, 0.3) is 0 Å². The zero-order valence-electron chi connectivity index (χ0n) is 17.7. The number of rotatable bonds is 7. The minimum atomic E-state index is 0.801. The fourth-order valence-electron chi connectivity index (χ4n) is 3.68. The third kappa shape index (κ3) is 4.39. The highest BCUT2D eigenvalue weighted by Crippen LogP contribution is 2.31. The number of benzene rings is 1. The standard InChI is InChI=1S/C22H26N8S/c1-30(2)10-9-24-22-29-17-4-3-15(11-19(17)31-22)27-20-16-12-18(14-5-7-23-8-6-14)28-21(16)26-13-25-20/h3-5,11-13,23H,6-10H2,1-2H3,(H,24,29)(H2,25,26,27,28). The monoisotopic (exact) mass is 434 g/mol. The Balaban J connectivity index is 1.38.